The number of rotatable bonds is 2. The standard InChI is InChI=1S/C16H13BrN2O/c1-10-7-16(20-13-4-2-3-11(17)8-13)14-9-12(18)5-6-15(14)19-10/h2-9H,18H2,1H3. The monoisotopic (exact) mass is 328 g/mol. The minimum Gasteiger partial charge on any atom is -0.457 e. The fraction of sp³-hybridized carbons (Fsp3) is 0.0625. The van der Waals surface area contributed by atoms with Crippen LogP contribution in [-0.2, 0) is 0 Å². The number of nitrogens with two attached hydrogens (primary N) is 1. The zero-order valence-electron chi connectivity index (χ0n) is 10.9. The third-order valence-electron chi connectivity index (χ3n) is 2.95. The van der Waals surface area contributed by atoms with Crippen molar-refractivity contribution in [2.45, 2.75) is 6.92 Å². The fourth-order valence-corrected chi connectivity index (χ4v) is 2.46. The van der Waals surface area contributed by atoms with Crippen LogP contribution in [0.4, 0.5) is 5.69 Å². The summed E-state index contributed by atoms with van der Waals surface area (Å²) < 4.78 is 6.96. The Hall–Kier alpha value is -2.07. The Morgan fingerprint density at radius 2 is 1.95 bits per heavy atom. The molecule has 0 bridgehead atoms. The molecule has 3 rings (SSSR count). The molecule has 0 amide bonds. The van der Waals surface area contributed by atoms with Gasteiger partial charge in [-0.2, -0.15) is 0 Å². The lowest BCUT2D eigenvalue weighted by Gasteiger charge is -2.10. The number of hydrogen-bond acceptors (Lipinski definition) is 3. The van der Waals surface area contributed by atoms with Crippen molar-refractivity contribution in [3.05, 3.63) is 58.7 Å². The quantitative estimate of drug-likeness (QED) is 0.695. The molecule has 0 unspecified atom stereocenters. The molecule has 4 heteroatoms. The second kappa shape index (κ2) is 5.13. The molecule has 1 heterocycles. The van der Waals surface area contributed by atoms with Crippen LogP contribution in [0.5, 0.6) is 11.5 Å². The highest BCUT2D eigenvalue weighted by atomic mass is 79.9. The summed E-state index contributed by atoms with van der Waals surface area (Å²) in [5, 5.41) is 0.913. The van der Waals surface area contributed by atoms with Crippen LogP contribution in [-0.4, -0.2) is 4.98 Å². The smallest absolute Gasteiger partial charge is 0.138 e. The van der Waals surface area contributed by atoms with Gasteiger partial charge in [0, 0.05) is 27.3 Å². The van der Waals surface area contributed by atoms with Gasteiger partial charge in [0.2, 0.25) is 0 Å². The van der Waals surface area contributed by atoms with Gasteiger partial charge in [-0.3, -0.25) is 4.98 Å². The van der Waals surface area contributed by atoms with E-state index in [-0.39, 0.29) is 0 Å². The maximum Gasteiger partial charge on any atom is 0.138 e. The van der Waals surface area contributed by atoms with Crippen LogP contribution in [0.25, 0.3) is 10.9 Å². The first-order chi connectivity index (χ1) is 9.61. The number of nitrogens with zero attached hydrogens (tertiary/aromatic N) is 1. The molecule has 0 radical (unpaired) electrons. The van der Waals surface area contributed by atoms with Crippen LogP contribution < -0.4 is 10.5 Å². The summed E-state index contributed by atoms with van der Waals surface area (Å²) in [5.41, 5.74) is 8.34. The van der Waals surface area contributed by atoms with Crippen molar-refractivity contribution in [1.82, 2.24) is 4.98 Å². The Balaban J connectivity index is 2.12. The predicted octanol–water partition coefficient (Wildman–Crippen LogP) is 4.68. The van der Waals surface area contributed by atoms with Gasteiger partial charge in [0.15, 0.2) is 0 Å². The molecule has 0 atom stereocenters. The second-order valence-electron chi connectivity index (χ2n) is 4.60. The van der Waals surface area contributed by atoms with Gasteiger partial charge in [-0.25, -0.2) is 0 Å². The second-order valence-corrected chi connectivity index (χ2v) is 5.51. The van der Waals surface area contributed by atoms with E-state index in [1.807, 2.05) is 55.5 Å². The van der Waals surface area contributed by atoms with E-state index >= 15 is 0 Å². The number of anilines is 1. The summed E-state index contributed by atoms with van der Waals surface area (Å²) >= 11 is 3.44. The highest BCUT2D eigenvalue weighted by molar-refractivity contribution is 9.10. The molecule has 0 saturated heterocycles. The maximum atomic E-state index is 5.98. The molecule has 0 fully saturated rings. The van der Waals surface area contributed by atoms with Crippen LogP contribution in [0.15, 0.2) is 53.0 Å². The maximum absolute atomic E-state index is 5.98. The minimum absolute atomic E-state index is 0.697. The molecule has 0 spiro atoms. The summed E-state index contributed by atoms with van der Waals surface area (Å²) in [7, 11) is 0. The zero-order valence-corrected chi connectivity index (χ0v) is 12.5. The van der Waals surface area contributed by atoms with E-state index in [0.717, 1.165) is 32.6 Å². The first kappa shape index (κ1) is 12.9. The molecular formula is C16H13BrN2O. The molecule has 2 N–H and O–H groups in total. The van der Waals surface area contributed by atoms with Gasteiger partial charge in [0.25, 0.3) is 0 Å². The van der Waals surface area contributed by atoms with Crippen molar-refractivity contribution >= 4 is 32.5 Å². The van der Waals surface area contributed by atoms with Crippen molar-refractivity contribution in [2.24, 2.45) is 0 Å². The van der Waals surface area contributed by atoms with Gasteiger partial charge in [-0.05, 0) is 43.3 Å². The predicted molar refractivity (Wildman–Crippen MR) is 85.1 cm³/mol. The summed E-state index contributed by atoms with van der Waals surface area (Å²) in [6, 6.07) is 15.3. The lowest BCUT2D eigenvalue weighted by molar-refractivity contribution is 0.487. The molecule has 20 heavy (non-hydrogen) atoms. The molecule has 1 aromatic heterocycles. The Bertz CT molecular complexity index is 787. The number of fused-ring (bicyclic) bond motifs is 1. The van der Waals surface area contributed by atoms with Crippen molar-refractivity contribution in [1.29, 1.82) is 0 Å². The number of pyridine rings is 1. The van der Waals surface area contributed by atoms with Crippen LogP contribution in [0.1, 0.15) is 5.69 Å². The number of ether oxygens (including phenoxy) is 1. The summed E-state index contributed by atoms with van der Waals surface area (Å²) in [6.45, 7) is 1.95. The third-order valence-corrected chi connectivity index (χ3v) is 3.44. The van der Waals surface area contributed by atoms with Gasteiger partial charge in [0.1, 0.15) is 11.5 Å². The SMILES string of the molecule is Cc1cc(Oc2cccc(Br)c2)c2cc(N)ccc2n1. The van der Waals surface area contributed by atoms with Gasteiger partial charge in [0.05, 0.1) is 5.52 Å². The van der Waals surface area contributed by atoms with Crippen molar-refractivity contribution in [2.75, 3.05) is 5.73 Å². The van der Waals surface area contributed by atoms with E-state index in [0.29, 0.717) is 5.69 Å². The molecule has 3 aromatic rings. The summed E-state index contributed by atoms with van der Waals surface area (Å²) in [6.07, 6.45) is 0. The molecule has 0 aliphatic heterocycles. The lowest BCUT2D eigenvalue weighted by atomic mass is 10.1. The average molecular weight is 329 g/mol. The fourth-order valence-electron chi connectivity index (χ4n) is 2.08. The van der Waals surface area contributed by atoms with Crippen molar-refractivity contribution in [3.63, 3.8) is 0 Å². The minimum atomic E-state index is 0.697. The Morgan fingerprint density at radius 1 is 1.10 bits per heavy atom. The van der Waals surface area contributed by atoms with E-state index in [9.17, 15) is 0 Å². The van der Waals surface area contributed by atoms with E-state index < -0.39 is 0 Å². The Kier molecular flexibility index (Phi) is 3.32. The third kappa shape index (κ3) is 2.60. The largest absolute Gasteiger partial charge is 0.457 e. The van der Waals surface area contributed by atoms with Crippen LogP contribution in [0.3, 0.4) is 0 Å². The van der Waals surface area contributed by atoms with Gasteiger partial charge in [-0.15, -0.1) is 0 Å². The Morgan fingerprint density at radius 3 is 2.75 bits per heavy atom. The number of aromatic nitrogens is 1. The lowest BCUT2D eigenvalue weighted by Crippen LogP contribution is -1.92. The topological polar surface area (TPSA) is 48.1 Å². The van der Waals surface area contributed by atoms with Gasteiger partial charge >= 0.3 is 0 Å². The first-order valence-corrected chi connectivity index (χ1v) is 7.01. The molecule has 100 valence electrons. The van der Waals surface area contributed by atoms with E-state index in [1.54, 1.807) is 0 Å². The number of aryl methyl sites for hydroxylation is 1. The number of nitrogen functional groups attached to an aromatic ring is 1. The first-order valence-electron chi connectivity index (χ1n) is 6.22. The molecule has 3 nitrogen and oxygen atoms in total. The summed E-state index contributed by atoms with van der Waals surface area (Å²) in [4.78, 5) is 4.49. The summed E-state index contributed by atoms with van der Waals surface area (Å²) in [5.74, 6) is 1.53. The van der Waals surface area contributed by atoms with Crippen molar-refractivity contribution < 1.29 is 4.74 Å². The van der Waals surface area contributed by atoms with Crippen LogP contribution in [0, 0.1) is 6.92 Å². The van der Waals surface area contributed by atoms with Crippen molar-refractivity contribution in [3.8, 4) is 11.5 Å². The number of benzene rings is 2. The van der Waals surface area contributed by atoms with E-state index in [1.165, 1.54) is 0 Å². The average Bonchev–Trinajstić information content (AvgIpc) is 2.39. The van der Waals surface area contributed by atoms with Crippen LogP contribution in [0.2, 0.25) is 0 Å². The molecular weight excluding hydrogens is 316 g/mol. The number of hydrogen-bond donors (Lipinski definition) is 1. The number of halogens is 1. The van der Waals surface area contributed by atoms with Gasteiger partial charge in [-0.1, -0.05) is 22.0 Å². The molecule has 0 saturated carbocycles. The normalized spacial score (nSPS) is 10.7. The zero-order chi connectivity index (χ0) is 14.1. The van der Waals surface area contributed by atoms with E-state index in [4.69, 9.17) is 10.5 Å². The van der Waals surface area contributed by atoms with Crippen LogP contribution >= 0.6 is 15.9 Å². The molecule has 0 aliphatic carbocycles. The highest BCUT2D eigenvalue weighted by Crippen LogP contribution is 2.32. The highest BCUT2D eigenvalue weighted by Gasteiger charge is 2.07. The Labute approximate surface area is 125 Å². The van der Waals surface area contributed by atoms with Gasteiger partial charge < -0.3 is 10.5 Å². The van der Waals surface area contributed by atoms with E-state index in [2.05, 4.69) is 20.9 Å². The molecule has 0 aliphatic rings. The molecule has 2 aromatic carbocycles.